The summed E-state index contributed by atoms with van der Waals surface area (Å²) in [6.45, 7) is 0.594. The molecule has 4 heteroatoms. The van der Waals surface area contributed by atoms with E-state index in [4.69, 9.17) is 16.3 Å². The minimum Gasteiger partial charge on any atom is -0.480 e. The number of ether oxygens (including phenoxy) is 1. The van der Waals surface area contributed by atoms with Crippen molar-refractivity contribution in [1.29, 1.82) is 0 Å². The molecule has 1 aliphatic rings. The molecule has 3 rings (SSSR count). The molecule has 1 unspecified atom stereocenters. The van der Waals surface area contributed by atoms with Crippen molar-refractivity contribution in [2.45, 2.75) is 18.9 Å². The molecule has 3 nitrogen and oxygen atoms in total. The van der Waals surface area contributed by atoms with E-state index in [2.05, 4.69) is 5.32 Å². The van der Waals surface area contributed by atoms with E-state index in [0.717, 1.165) is 28.3 Å². The normalized spacial score (nSPS) is 16.1. The highest BCUT2D eigenvalue weighted by molar-refractivity contribution is 6.30. The largest absolute Gasteiger partial charge is 0.480 e. The van der Waals surface area contributed by atoms with Gasteiger partial charge in [-0.1, -0.05) is 41.9 Å². The van der Waals surface area contributed by atoms with E-state index < -0.39 is 6.10 Å². The van der Waals surface area contributed by atoms with Crippen LogP contribution in [-0.2, 0) is 17.6 Å². The number of carbonyl (C=O) groups excluding carboxylic acids is 1. The average Bonchev–Trinajstić information content (AvgIpc) is 2.93. The van der Waals surface area contributed by atoms with Gasteiger partial charge in [0.25, 0.3) is 5.91 Å². The van der Waals surface area contributed by atoms with E-state index >= 15 is 0 Å². The predicted octanol–water partition coefficient (Wildman–Crippen LogP) is 3.00. The maximum absolute atomic E-state index is 12.1. The van der Waals surface area contributed by atoms with Crippen molar-refractivity contribution in [3.05, 3.63) is 64.7 Å². The molecule has 21 heavy (non-hydrogen) atoms. The Morgan fingerprint density at radius 1 is 1.19 bits per heavy atom. The molecular weight excluding hydrogens is 286 g/mol. The van der Waals surface area contributed by atoms with Crippen LogP contribution in [0.1, 0.15) is 11.1 Å². The fraction of sp³-hybridized carbons (Fsp3) is 0.235. The zero-order chi connectivity index (χ0) is 14.7. The number of amides is 1. The summed E-state index contributed by atoms with van der Waals surface area (Å²) in [5.41, 5.74) is 2.24. The lowest BCUT2D eigenvalue weighted by Crippen LogP contribution is -2.38. The number of para-hydroxylation sites is 1. The Morgan fingerprint density at radius 2 is 1.95 bits per heavy atom. The fourth-order valence-corrected chi connectivity index (χ4v) is 2.55. The molecule has 1 atom stereocenters. The lowest BCUT2D eigenvalue weighted by atomic mass is 10.1. The zero-order valence-electron chi connectivity index (χ0n) is 11.5. The first-order chi connectivity index (χ1) is 10.2. The summed E-state index contributed by atoms with van der Waals surface area (Å²) in [5.74, 6) is 0.760. The van der Waals surface area contributed by atoms with Crippen molar-refractivity contribution in [3.63, 3.8) is 0 Å². The number of nitrogens with one attached hydrogen (secondary N) is 1. The van der Waals surface area contributed by atoms with E-state index in [1.165, 1.54) is 0 Å². The van der Waals surface area contributed by atoms with Gasteiger partial charge in [-0.2, -0.15) is 0 Å². The van der Waals surface area contributed by atoms with Crippen LogP contribution in [0.4, 0.5) is 0 Å². The van der Waals surface area contributed by atoms with Crippen molar-refractivity contribution in [2.75, 3.05) is 6.54 Å². The summed E-state index contributed by atoms with van der Waals surface area (Å²) in [4.78, 5) is 12.1. The Morgan fingerprint density at radius 3 is 2.71 bits per heavy atom. The Kier molecular flexibility index (Phi) is 4.11. The number of hydrogen-bond donors (Lipinski definition) is 1. The van der Waals surface area contributed by atoms with Gasteiger partial charge in [0.2, 0.25) is 0 Å². The highest BCUT2D eigenvalue weighted by Gasteiger charge is 2.28. The third kappa shape index (κ3) is 3.37. The van der Waals surface area contributed by atoms with Crippen molar-refractivity contribution in [2.24, 2.45) is 0 Å². The van der Waals surface area contributed by atoms with Crippen LogP contribution in [0.15, 0.2) is 48.5 Å². The van der Waals surface area contributed by atoms with Crippen molar-refractivity contribution < 1.29 is 9.53 Å². The number of benzene rings is 2. The number of carbonyl (C=O) groups is 1. The molecule has 1 amide bonds. The number of fused-ring (bicyclic) bond motifs is 1. The van der Waals surface area contributed by atoms with Crippen LogP contribution in [0, 0.1) is 0 Å². The smallest absolute Gasteiger partial charge is 0.261 e. The molecule has 0 aliphatic carbocycles. The van der Waals surface area contributed by atoms with Gasteiger partial charge in [-0.05, 0) is 35.7 Å². The zero-order valence-corrected chi connectivity index (χ0v) is 12.3. The van der Waals surface area contributed by atoms with Gasteiger partial charge in [-0.25, -0.2) is 0 Å². The monoisotopic (exact) mass is 301 g/mol. The van der Waals surface area contributed by atoms with Crippen LogP contribution in [0.5, 0.6) is 5.75 Å². The van der Waals surface area contributed by atoms with Gasteiger partial charge in [0, 0.05) is 18.0 Å². The van der Waals surface area contributed by atoms with Crippen LogP contribution in [0.25, 0.3) is 0 Å². The Labute approximate surface area is 128 Å². The summed E-state index contributed by atoms with van der Waals surface area (Å²) in [6.07, 6.45) is 1.01. The molecule has 0 saturated heterocycles. The van der Waals surface area contributed by atoms with E-state index in [1.807, 2.05) is 48.5 Å². The lowest BCUT2D eigenvalue weighted by molar-refractivity contribution is -0.127. The first-order valence-electron chi connectivity index (χ1n) is 6.99. The van der Waals surface area contributed by atoms with E-state index in [1.54, 1.807) is 0 Å². The molecule has 0 saturated carbocycles. The van der Waals surface area contributed by atoms with Crippen molar-refractivity contribution >= 4 is 17.5 Å². The SMILES string of the molecule is O=C(NCCc1ccc(Cl)cc1)C1Cc2ccccc2O1. The van der Waals surface area contributed by atoms with Gasteiger partial charge in [0.05, 0.1) is 0 Å². The predicted molar refractivity (Wildman–Crippen MR) is 82.7 cm³/mol. The van der Waals surface area contributed by atoms with Gasteiger partial charge in [-0.3, -0.25) is 4.79 Å². The molecule has 108 valence electrons. The van der Waals surface area contributed by atoms with Gasteiger partial charge in [-0.15, -0.1) is 0 Å². The maximum Gasteiger partial charge on any atom is 0.261 e. The molecule has 1 N–H and O–H groups in total. The summed E-state index contributed by atoms with van der Waals surface area (Å²) in [7, 11) is 0. The summed E-state index contributed by atoms with van der Waals surface area (Å²) >= 11 is 5.84. The van der Waals surface area contributed by atoms with Crippen LogP contribution < -0.4 is 10.1 Å². The van der Waals surface area contributed by atoms with Crippen molar-refractivity contribution in [3.8, 4) is 5.75 Å². The highest BCUT2D eigenvalue weighted by Crippen LogP contribution is 2.28. The quantitative estimate of drug-likeness (QED) is 0.943. The second kappa shape index (κ2) is 6.19. The molecule has 0 radical (unpaired) electrons. The van der Waals surface area contributed by atoms with E-state index in [-0.39, 0.29) is 5.91 Å². The van der Waals surface area contributed by atoms with Gasteiger partial charge < -0.3 is 10.1 Å². The molecule has 0 aromatic heterocycles. The number of rotatable bonds is 4. The fourth-order valence-electron chi connectivity index (χ4n) is 2.42. The number of halogens is 1. The summed E-state index contributed by atoms with van der Waals surface area (Å²) in [5, 5.41) is 3.65. The maximum atomic E-state index is 12.1. The van der Waals surface area contributed by atoms with E-state index in [9.17, 15) is 4.79 Å². The second-order valence-corrected chi connectivity index (χ2v) is 5.52. The first kappa shape index (κ1) is 14.0. The molecule has 1 heterocycles. The molecule has 2 aromatic rings. The van der Waals surface area contributed by atoms with Gasteiger partial charge in [0.15, 0.2) is 6.10 Å². The molecule has 0 bridgehead atoms. The Balaban J connectivity index is 1.48. The molecule has 0 fully saturated rings. The topological polar surface area (TPSA) is 38.3 Å². The van der Waals surface area contributed by atoms with E-state index in [0.29, 0.717) is 13.0 Å². The summed E-state index contributed by atoms with van der Waals surface area (Å²) < 4.78 is 5.66. The van der Waals surface area contributed by atoms with Crippen molar-refractivity contribution in [1.82, 2.24) is 5.32 Å². The van der Waals surface area contributed by atoms with Crippen LogP contribution >= 0.6 is 11.6 Å². The Hall–Kier alpha value is -2.00. The van der Waals surface area contributed by atoms with Crippen LogP contribution in [0.3, 0.4) is 0 Å². The van der Waals surface area contributed by atoms with Crippen LogP contribution in [-0.4, -0.2) is 18.6 Å². The van der Waals surface area contributed by atoms with Gasteiger partial charge in [0.1, 0.15) is 5.75 Å². The second-order valence-electron chi connectivity index (χ2n) is 5.09. The minimum absolute atomic E-state index is 0.0554. The highest BCUT2D eigenvalue weighted by atomic mass is 35.5. The molecule has 1 aliphatic heterocycles. The molecule has 2 aromatic carbocycles. The standard InChI is InChI=1S/C17H16ClNO2/c18-14-7-5-12(6-8-14)9-10-19-17(20)16-11-13-3-1-2-4-15(13)21-16/h1-8,16H,9-11H2,(H,19,20). The molecular formula is C17H16ClNO2. The summed E-state index contributed by atoms with van der Waals surface area (Å²) in [6, 6.07) is 15.4. The van der Waals surface area contributed by atoms with Gasteiger partial charge >= 0.3 is 0 Å². The number of hydrogen-bond acceptors (Lipinski definition) is 2. The third-order valence-electron chi connectivity index (χ3n) is 3.57. The lowest BCUT2D eigenvalue weighted by Gasteiger charge is -2.11. The first-order valence-corrected chi connectivity index (χ1v) is 7.37. The van der Waals surface area contributed by atoms with Crippen LogP contribution in [0.2, 0.25) is 5.02 Å². The Bertz CT molecular complexity index is 614. The minimum atomic E-state index is -0.410. The third-order valence-corrected chi connectivity index (χ3v) is 3.82. The molecule has 0 spiro atoms. The average molecular weight is 302 g/mol.